The van der Waals surface area contributed by atoms with Crippen LogP contribution in [0.25, 0.3) is 0 Å². The number of hydrogen-bond acceptors (Lipinski definition) is 5. The van der Waals surface area contributed by atoms with Gasteiger partial charge in [-0.25, -0.2) is 4.79 Å². The van der Waals surface area contributed by atoms with Crippen LogP contribution in [0.5, 0.6) is 0 Å². The molecular formula is C8H10O5. The molecule has 0 unspecified atom stereocenters. The van der Waals surface area contributed by atoms with E-state index in [4.69, 9.17) is 5.26 Å². The number of ether oxygens (including phenoxy) is 1. The van der Waals surface area contributed by atoms with E-state index in [9.17, 15) is 9.59 Å². The highest BCUT2D eigenvalue weighted by atomic mass is 17.1. The third-order valence-electron chi connectivity index (χ3n) is 1.09. The summed E-state index contributed by atoms with van der Waals surface area (Å²) in [5, 5.41) is 7.92. The van der Waals surface area contributed by atoms with Crippen molar-refractivity contribution in [2.24, 2.45) is 0 Å². The summed E-state index contributed by atoms with van der Waals surface area (Å²) in [6.07, 6.45) is 1.08. The van der Waals surface area contributed by atoms with Crippen LogP contribution in [-0.4, -0.2) is 23.8 Å². The second-order valence-electron chi connectivity index (χ2n) is 2.13. The van der Waals surface area contributed by atoms with E-state index in [0.717, 1.165) is 0 Å². The van der Waals surface area contributed by atoms with E-state index in [1.54, 1.807) is 0 Å². The second kappa shape index (κ2) is 5.96. The van der Waals surface area contributed by atoms with Crippen LogP contribution in [-0.2, 0) is 19.2 Å². The predicted molar refractivity (Wildman–Crippen MR) is 43.6 cm³/mol. The minimum absolute atomic E-state index is 0.0697. The third-order valence-corrected chi connectivity index (χ3v) is 1.09. The summed E-state index contributed by atoms with van der Waals surface area (Å²) in [7, 11) is 0. The summed E-state index contributed by atoms with van der Waals surface area (Å²) in [5.74, 6) is -1.68. The molecular weight excluding hydrogens is 176 g/mol. The summed E-state index contributed by atoms with van der Waals surface area (Å²) < 4.78 is 4.55. The highest BCUT2D eigenvalue weighted by Gasteiger charge is 2.13. The van der Waals surface area contributed by atoms with Crippen molar-refractivity contribution in [2.45, 2.75) is 6.42 Å². The zero-order valence-corrected chi connectivity index (χ0v) is 6.99. The van der Waals surface area contributed by atoms with Crippen molar-refractivity contribution in [3.63, 3.8) is 0 Å². The van der Waals surface area contributed by atoms with E-state index in [2.05, 4.69) is 22.8 Å². The van der Waals surface area contributed by atoms with Gasteiger partial charge in [-0.3, -0.25) is 9.68 Å². The van der Waals surface area contributed by atoms with Crippen molar-refractivity contribution in [1.82, 2.24) is 0 Å². The minimum atomic E-state index is -1.05. The maximum absolute atomic E-state index is 10.8. The Morgan fingerprint density at radius 1 is 1.46 bits per heavy atom. The van der Waals surface area contributed by atoms with Crippen LogP contribution in [0.15, 0.2) is 24.8 Å². The van der Waals surface area contributed by atoms with Crippen molar-refractivity contribution in [1.29, 1.82) is 0 Å². The molecule has 1 N–H and O–H groups in total. The Morgan fingerprint density at radius 2 is 2.08 bits per heavy atom. The fourth-order valence-electron chi connectivity index (χ4n) is 0.514. The molecule has 0 bridgehead atoms. The molecule has 0 aromatic carbocycles. The van der Waals surface area contributed by atoms with Gasteiger partial charge in [-0.1, -0.05) is 19.2 Å². The molecule has 0 amide bonds. The highest BCUT2D eigenvalue weighted by Crippen LogP contribution is 2.01. The first kappa shape index (κ1) is 11.4. The van der Waals surface area contributed by atoms with Gasteiger partial charge in [-0.05, 0) is 0 Å². The van der Waals surface area contributed by atoms with E-state index in [0.29, 0.717) is 0 Å². The van der Waals surface area contributed by atoms with Crippen molar-refractivity contribution < 1.29 is 24.5 Å². The summed E-state index contributed by atoms with van der Waals surface area (Å²) in [5.41, 5.74) is -0.170. The fraction of sp³-hybridized carbons (Fsp3) is 0.250. The fourth-order valence-corrected chi connectivity index (χ4v) is 0.514. The third kappa shape index (κ3) is 4.76. The number of carbonyl (C=O) groups excluding carboxylic acids is 2. The molecule has 0 heterocycles. The molecule has 0 aromatic rings. The second-order valence-corrected chi connectivity index (χ2v) is 2.13. The van der Waals surface area contributed by atoms with Crippen LogP contribution in [0.1, 0.15) is 6.42 Å². The molecule has 0 saturated heterocycles. The van der Waals surface area contributed by atoms with Gasteiger partial charge in [0.25, 0.3) is 0 Å². The zero-order valence-electron chi connectivity index (χ0n) is 6.99. The van der Waals surface area contributed by atoms with E-state index >= 15 is 0 Å². The molecule has 0 aliphatic carbocycles. The standard InChI is InChI=1S/C8H10O5/c1-3-4-12-7(9)5-6(2)8(10)13-11/h3,11H,1-2,4-5H2. The summed E-state index contributed by atoms with van der Waals surface area (Å²) in [6, 6.07) is 0. The van der Waals surface area contributed by atoms with Crippen LogP contribution < -0.4 is 0 Å². The maximum Gasteiger partial charge on any atom is 0.368 e. The van der Waals surface area contributed by atoms with Gasteiger partial charge in [0.1, 0.15) is 6.61 Å². The lowest BCUT2D eigenvalue weighted by atomic mass is 10.2. The van der Waals surface area contributed by atoms with Crippen molar-refractivity contribution in [3.8, 4) is 0 Å². The van der Waals surface area contributed by atoms with E-state index < -0.39 is 11.9 Å². The number of carbonyl (C=O) groups is 2. The molecule has 13 heavy (non-hydrogen) atoms. The molecule has 0 aliphatic heterocycles. The number of esters is 1. The molecule has 0 saturated carbocycles. The quantitative estimate of drug-likeness (QED) is 0.225. The van der Waals surface area contributed by atoms with E-state index in [1.165, 1.54) is 6.08 Å². The van der Waals surface area contributed by atoms with Gasteiger partial charge in [-0.2, -0.15) is 5.26 Å². The van der Waals surface area contributed by atoms with Crippen LogP contribution in [0.3, 0.4) is 0 Å². The van der Waals surface area contributed by atoms with Gasteiger partial charge in [0.15, 0.2) is 0 Å². The van der Waals surface area contributed by atoms with Crippen molar-refractivity contribution in [2.75, 3.05) is 6.61 Å². The van der Waals surface area contributed by atoms with E-state index in [-0.39, 0.29) is 18.6 Å². The highest BCUT2D eigenvalue weighted by molar-refractivity contribution is 5.92. The van der Waals surface area contributed by atoms with Crippen LogP contribution in [0.2, 0.25) is 0 Å². The van der Waals surface area contributed by atoms with Gasteiger partial charge in [0.2, 0.25) is 0 Å². The molecule has 5 nitrogen and oxygen atoms in total. The Hall–Kier alpha value is -1.62. The molecule has 0 rings (SSSR count). The monoisotopic (exact) mass is 186 g/mol. The molecule has 72 valence electrons. The Balaban J connectivity index is 3.84. The van der Waals surface area contributed by atoms with Gasteiger partial charge < -0.3 is 4.74 Å². The Morgan fingerprint density at radius 3 is 2.54 bits per heavy atom. The van der Waals surface area contributed by atoms with Crippen LogP contribution in [0, 0.1) is 0 Å². The SMILES string of the molecule is C=CCOC(=O)CC(=C)C(=O)OO. The molecule has 0 radical (unpaired) electrons. The largest absolute Gasteiger partial charge is 0.461 e. The van der Waals surface area contributed by atoms with Crippen LogP contribution >= 0.6 is 0 Å². The molecule has 0 spiro atoms. The lowest BCUT2D eigenvalue weighted by molar-refractivity contribution is -0.229. The Kier molecular flexibility index (Phi) is 5.22. The lowest BCUT2D eigenvalue weighted by Gasteiger charge is -2.01. The van der Waals surface area contributed by atoms with Crippen LogP contribution in [0.4, 0.5) is 0 Å². The first-order valence-corrected chi connectivity index (χ1v) is 3.41. The normalized spacial score (nSPS) is 8.69. The Labute approximate surface area is 75.2 Å². The van der Waals surface area contributed by atoms with Gasteiger partial charge in [0, 0.05) is 5.57 Å². The van der Waals surface area contributed by atoms with Gasteiger partial charge in [0.05, 0.1) is 6.42 Å². The maximum atomic E-state index is 10.8. The van der Waals surface area contributed by atoms with Gasteiger partial charge >= 0.3 is 11.9 Å². The minimum Gasteiger partial charge on any atom is -0.461 e. The smallest absolute Gasteiger partial charge is 0.368 e. The van der Waals surface area contributed by atoms with Crippen molar-refractivity contribution >= 4 is 11.9 Å². The Bertz CT molecular complexity index is 231. The molecule has 0 aromatic heterocycles. The lowest BCUT2D eigenvalue weighted by Crippen LogP contribution is -2.11. The van der Waals surface area contributed by atoms with Crippen molar-refractivity contribution in [3.05, 3.63) is 24.8 Å². The first-order valence-electron chi connectivity index (χ1n) is 3.41. The van der Waals surface area contributed by atoms with Gasteiger partial charge in [-0.15, -0.1) is 0 Å². The van der Waals surface area contributed by atoms with E-state index in [1.807, 2.05) is 0 Å². The predicted octanol–water partition coefficient (Wildman–Crippen LogP) is 0.678. The average molecular weight is 186 g/mol. The average Bonchev–Trinajstić information content (AvgIpc) is 2.13. The summed E-state index contributed by atoms with van der Waals surface area (Å²) in [4.78, 5) is 24.7. The number of rotatable bonds is 5. The number of hydrogen-bond donors (Lipinski definition) is 1. The molecule has 0 aliphatic rings. The molecule has 5 heteroatoms. The summed E-state index contributed by atoms with van der Waals surface area (Å²) in [6.45, 7) is 6.61. The topological polar surface area (TPSA) is 72.8 Å². The summed E-state index contributed by atoms with van der Waals surface area (Å²) >= 11 is 0. The molecule has 0 fully saturated rings. The first-order chi connectivity index (χ1) is 6.11. The molecule has 0 atom stereocenters. The zero-order chi connectivity index (χ0) is 10.3.